The van der Waals surface area contributed by atoms with Crippen molar-refractivity contribution in [2.24, 2.45) is 5.92 Å². The minimum absolute atomic E-state index is 0.156. The highest BCUT2D eigenvalue weighted by Crippen LogP contribution is 2.19. The zero-order valence-corrected chi connectivity index (χ0v) is 31.5. The summed E-state index contributed by atoms with van der Waals surface area (Å²) in [6.07, 6.45) is 1.47. The van der Waals surface area contributed by atoms with Gasteiger partial charge in [0.2, 0.25) is 29.4 Å². The number of carbonyl (C=O) groups excluding carboxylic acids is 6. The number of nitrogens with zero attached hydrogens (tertiary/aromatic N) is 1. The third-order valence-electron chi connectivity index (χ3n) is 7.78. The van der Waals surface area contributed by atoms with E-state index in [0.29, 0.717) is 17.1 Å². The van der Waals surface area contributed by atoms with Crippen LogP contribution in [0, 0.1) is 5.92 Å². The van der Waals surface area contributed by atoms with Crippen LogP contribution in [0.4, 0.5) is 0 Å². The molecular weight excluding hydrogens is 729 g/mol. The van der Waals surface area contributed by atoms with Crippen molar-refractivity contribution in [3.63, 3.8) is 0 Å². The van der Waals surface area contributed by atoms with Crippen molar-refractivity contribution in [1.29, 1.82) is 0 Å². The number of thiocarbonyl (C=S) groups is 1. The van der Waals surface area contributed by atoms with Crippen LogP contribution in [0.15, 0.2) is 66.2 Å². The minimum atomic E-state index is -1.12. The number of amides is 5. The SMILES string of the molecule is CC(C)[C@@H]1NC(=O)[C@@H](NC(=O)c2ccccc2)CSCc2ccc(cc2)CSC[C@@H](C(=O)N[C@@H](C)C(=O)N[C@@H](C=S)C(=O)c2nccs2)NC1=O. The number of rotatable bonds is 10. The summed E-state index contributed by atoms with van der Waals surface area (Å²) in [7, 11) is 0. The molecule has 0 aliphatic carbocycles. The van der Waals surface area contributed by atoms with Crippen molar-refractivity contribution in [2.75, 3.05) is 11.5 Å². The molecule has 0 spiro atoms. The summed E-state index contributed by atoms with van der Waals surface area (Å²) in [5.41, 5.74) is 2.44. The Balaban J connectivity index is 1.51. The van der Waals surface area contributed by atoms with Gasteiger partial charge >= 0.3 is 0 Å². The number of thiazole rings is 1. The molecule has 5 rings (SSSR count). The van der Waals surface area contributed by atoms with Gasteiger partial charge < -0.3 is 26.6 Å². The lowest BCUT2D eigenvalue weighted by molar-refractivity contribution is -0.134. The molecule has 3 heterocycles. The summed E-state index contributed by atoms with van der Waals surface area (Å²) in [4.78, 5) is 83.9. The Morgan fingerprint density at radius 1 is 0.882 bits per heavy atom. The molecule has 0 saturated heterocycles. The Kier molecular flexibility index (Phi) is 15.1. The molecule has 2 bridgehead atoms. The van der Waals surface area contributed by atoms with Gasteiger partial charge in [-0.2, -0.15) is 23.5 Å². The van der Waals surface area contributed by atoms with E-state index in [0.717, 1.165) is 27.8 Å². The number of hydrogen-bond acceptors (Lipinski definition) is 11. The summed E-state index contributed by atoms with van der Waals surface area (Å²) in [5, 5.41) is 16.5. The molecule has 270 valence electrons. The van der Waals surface area contributed by atoms with Gasteiger partial charge in [-0.1, -0.05) is 68.5 Å². The van der Waals surface area contributed by atoms with Gasteiger partial charge in [0.25, 0.3) is 5.91 Å². The standard InChI is InChI=1S/C35H40N6O6S4/c1-20(2)28-34(47)40-26(32(45)37-21(3)30(43)38-25(15-48)29(42)35-36-13-14-51-35)18-49-16-22-9-11-23(12-10-22)17-50-19-27(33(46)41-28)39-31(44)24-7-5-4-6-8-24/h4-15,20-21,25-28H,16-19H2,1-3H3,(H,37,45)(H,38,43)(H,39,44)(H,40,47)(H,41,46)/t21-,25-,26-,27-,28-/m0/s1. The second kappa shape index (κ2) is 19.5. The van der Waals surface area contributed by atoms with E-state index in [4.69, 9.17) is 12.2 Å². The summed E-state index contributed by atoms with van der Waals surface area (Å²) in [5.74, 6) is -2.14. The van der Waals surface area contributed by atoms with Gasteiger partial charge in [-0.25, -0.2) is 4.98 Å². The van der Waals surface area contributed by atoms with Crippen LogP contribution in [0.25, 0.3) is 0 Å². The van der Waals surface area contributed by atoms with E-state index in [-0.39, 0.29) is 22.4 Å². The third kappa shape index (κ3) is 11.7. The van der Waals surface area contributed by atoms with Crippen LogP contribution >= 0.6 is 47.1 Å². The van der Waals surface area contributed by atoms with Crippen LogP contribution in [-0.2, 0) is 30.7 Å². The number of benzene rings is 2. The molecule has 0 fully saturated rings. The van der Waals surface area contributed by atoms with Gasteiger partial charge in [0, 0.05) is 45.5 Å². The van der Waals surface area contributed by atoms with E-state index in [1.54, 1.807) is 49.6 Å². The highest BCUT2D eigenvalue weighted by molar-refractivity contribution is 7.98. The van der Waals surface area contributed by atoms with Crippen molar-refractivity contribution >= 4 is 87.8 Å². The third-order valence-corrected chi connectivity index (χ3v) is 11.1. The van der Waals surface area contributed by atoms with Gasteiger partial charge in [-0.3, -0.25) is 28.8 Å². The molecule has 5 amide bonds. The normalized spacial score (nSPS) is 19.8. The zero-order valence-electron chi connectivity index (χ0n) is 28.3. The molecule has 5 atom stereocenters. The molecule has 3 aromatic rings. The lowest BCUT2D eigenvalue weighted by Crippen LogP contribution is -2.60. The van der Waals surface area contributed by atoms with E-state index < -0.39 is 65.5 Å². The molecule has 5 N–H and O–H groups in total. The monoisotopic (exact) mass is 768 g/mol. The minimum Gasteiger partial charge on any atom is -0.343 e. The number of ketones is 1. The van der Waals surface area contributed by atoms with Gasteiger partial charge in [-0.05, 0) is 36.1 Å². The Bertz CT molecular complexity index is 1690. The first kappa shape index (κ1) is 39.7. The van der Waals surface area contributed by atoms with Crippen LogP contribution < -0.4 is 26.6 Å². The zero-order chi connectivity index (χ0) is 36.9. The van der Waals surface area contributed by atoms with E-state index in [1.165, 1.54) is 36.6 Å². The van der Waals surface area contributed by atoms with Crippen molar-refractivity contribution in [3.8, 4) is 0 Å². The fraction of sp³-hybridized carbons (Fsp3) is 0.371. The summed E-state index contributed by atoms with van der Waals surface area (Å²) in [6, 6.07) is 11.2. The maximum Gasteiger partial charge on any atom is 0.251 e. The highest BCUT2D eigenvalue weighted by Gasteiger charge is 2.33. The number of hydrogen-bond donors (Lipinski definition) is 5. The van der Waals surface area contributed by atoms with Gasteiger partial charge in [-0.15, -0.1) is 11.3 Å². The summed E-state index contributed by atoms with van der Waals surface area (Å²) >= 11 is 8.99. The van der Waals surface area contributed by atoms with E-state index >= 15 is 0 Å². The largest absolute Gasteiger partial charge is 0.343 e. The topological polar surface area (TPSA) is 175 Å². The molecule has 2 aromatic carbocycles. The predicted molar refractivity (Wildman–Crippen MR) is 205 cm³/mol. The molecular formula is C35H40N6O6S4. The average Bonchev–Trinajstić information content (AvgIpc) is 3.67. The second-order valence-corrected chi connectivity index (χ2v) is 15.3. The molecule has 0 unspecified atom stereocenters. The molecule has 16 heteroatoms. The van der Waals surface area contributed by atoms with Gasteiger partial charge in [0.15, 0.2) is 5.01 Å². The lowest BCUT2D eigenvalue weighted by Gasteiger charge is -2.27. The number of fused-ring (bicyclic) bond motifs is 14. The molecule has 2 aliphatic heterocycles. The van der Waals surface area contributed by atoms with Crippen LogP contribution in [0.3, 0.4) is 0 Å². The van der Waals surface area contributed by atoms with E-state index in [2.05, 4.69) is 31.6 Å². The fourth-order valence-electron chi connectivity index (χ4n) is 4.87. The Morgan fingerprint density at radius 2 is 1.53 bits per heavy atom. The smallest absolute Gasteiger partial charge is 0.251 e. The quantitative estimate of drug-likeness (QED) is 0.152. The van der Waals surface area contributed by atoms with Crippen molar-refractivity contribution in [1.82, 2.24) is 31.6 Å². The molecule has 12 nitrogen and oxygen atoms in total. The summed E-state index contributed by atoms with van der Waals surface area (Å²) in [6.45, 7) is 4.98. The molecule has 0 saturated carbocycles. The number of Topliss-reactive ketones (excluding diaryl/α,β-unsaturated/α-hetero) is 1. The molecule has 0 radical (unpaired) electrons. The Labute approximate surface area is 314 Å². The molecule has 2 aliphatic rings. The average molecular weight is 769 g/mol. The first-order chi connectivity index (χ1) is 24.5. The maximum atomic E-state index is 13.8. The lowest BCUT2D eigenvalue weighted by atomic mass is 10.0. The van der Waals surface area contributed by atoms with Crippen LogP contribution in [-0.4, -0.2) is 87.4 Å². The summed E-state index contributed by atoms with van der Waals surface area (Å²) < 4.78 is 0. The number of aromatic nitrogens is 1. The fourth-order valence-corrected chi connectivity index (χ4v) is 7.71. The van der Waals surface area contributed by atoms with Gasteiger partial charge in [0.1, 0.15) is 30.2 Å². The Hall–Kier alpha value is -4.12. The number of carbonyl (C=O) groups is 6. The van der Waals surface area contributed by atoms with Crippen LogP contribution in [0.1, 0.15) is 52.1 Å². The van der Waals surface area contributed by atoms with Crippen molar-refractivity contribution in [3.05, 3.63) is 87.9 Å². The molecule has 1 aromatic heterocycles. The van der Waals surface area contributed by atoms with Gasteiger partial charge in [0.05, 0.1) is 0 Å². The molecule has 51 heavy (non-hydrogen) atoms. The predicted octanol–water partition coefficient (Wildman–Crippen LogP) is 2.92. The number of nitrogens with one attached hydrogen (secondary N) is 5. The highest BCUT2D eigenvalue weighted by atomic mass is 32.2. The number of thioether (sulfide) groups is 2. The maximum absolute atomic E-state index is 13.8. The first-order valence-electron chi connectivity index (χ1n) is 16.2. The van der Waals surface area contributed by atoms with Crippen molar-refractivity contribution < 1.29 is 28.8 Å². The van der Waals surface area contributed by atoms with Crippen LogP contribution in [0.2, 0.25) is 0 Å². The first-order valence-corrected chi connectivity index (χ1v) is 19.8. The second-order valence-electron chi connectivity index (χ2n) is 12.1. The van der Waals surface area contributed by atoms with E-state index in [9.17, 15) is 28.8 Å². The van der Waals surface area contributed by atoms with Crippen molar-refractivity contribution in [2.45, 2.75) is 62.5 Å². The van der Waals surface area contributed by atoms with Crippen LogP contribution in [0.5, 0.6) is 0 Å². The van der Waals surface area contributed by atoms with E-state index in [1.807, 2.05) is 24.3 Å². The Morgan fingerprint density at radius 3 is 2.12 bits per heavy atom.